The molecular weight excluding hydrogens is 373 g/mol. The predicted octanol–water partition coefficient (Wildman–Crippen LogP) is 3.21. The van der Waals surface area contributed by atoms with Crippen LogP contribution in [0.25, 0.3) is 11.0 Å². The van der Waals surface area contributed by atoms with Gasteiger partial charge in [-0.3, -0.25) is 9.36 Å². The maximum absolute atomic E-state index is 12.6. The van der Waals surface area contributed by atoms with Gasteiger partial charge in [0.2, 0.25) is 0 Å². The number of nitrogens with zero attached hydrogens (tertiary/aromatic N) is 2. The van der Waals surface area contributed by atoms with Crippen molar-refractivity contribution in [3.8, 4) is 0 Å². The van der Waals surface area contributed by atoms with E-state index in [9.17, 15) is 22.8 Å². The van der Waals surface area contributed by atoms with E-state index in [1.54, 1.807) is 12.1 Å². The van der Waals surface area contributed by atoms with E-state index in [2.05, 4.69) is 10.3 Å². The molecule has 2 N–H and O–H groups in total. The second-order valence-electron chi connectivity index (χ2n) is 6.75. The molecule has 0 saturated heterocycles. The number of aromatic nitrogens is 2. The summed E-state index contributed by atoms with van der Waals surface area (Å²) >= 11 is 0. The molecule has 1 aromatic heterocycles. The maximum Gasteiger partial charge on any atom is 0.406 e. The number of nitrogens with one attached hydrogen (secondary N) is 2. The van der Waals surface area contributed by atoms with Gasteiger partial charge in [0.15, 0.2) is 0 Å². The minimum Gasteiger partial charge on any atom is -0.322 e. The Balaban J connectivity index is 1.80. The predicted molar refractivity (Wildman–Crippen MR) is 100 cm³/mol. The molecule has 9 heteroatoms. The van der Waals surface area contributed by atoms with E-state index in [1.807, 2.05) is 31.1 Å². The Kier molecular flexibility index (Phi) is 5.28. The molecule has 28 heavy (non-hydrogen) atoms. The molecule has 3 aromatic rings. The smallest absolute Gasteiger partial charge is 0.322 e. The summed E-state index contributed by atoms with van der Waals surface area (Å²) < 4.78 is 38.5. The average molecular weight is 392 g/mol. The van der Waals surface area contributed by atoms with E-state index in [1.165, 1.54) is 18.2 Å². The molecule has 2 aromatic carbocycles. The summed E-state index contributed by atoms with van der Waals surface area (Å²) in [5.41, 5.74) is 1.30. The highest BCUT2D eigenvalue weighted by atomic mass is 19.4. The number of halogens is 3. The first kappa shape index (κ1) is 19.7. The van der Waals surface area contributed by atoms with Gasteiger partial charge < -0.3 is 15.2 Å². The van der Waals surface area contributed by atoms with Crippen LogP contribution < -0.4 is 11.0 Å². The number of aromatic amines is 1. The Morgan fingerprint density at radius 3 is 2.43 bits per heavy atom. The number of carbonyl (C=O) groups excluding carboxylic acids is 1. The average Bonchev–Trinajstić information content (AvgIpc) is 2.89. The van der Waals surface area contributed by atoms with Crippen LogP contribution in [0.15, 0.2) is 47.3 Å². The van der Waals surface area contributed by atoms with E-state index < -0.39 is 24.3 Å². The Bertz CT molecular complexity index is 1050. The number of imidazole rings is 1. The minimum atomic E-state index is -4.52. The van der Waals surface area contributed by atoms with Crippen molar-refractivity contribution in [3.05, 3.63) is 64.1 Å². The molecule has 0 unspecified atom stereocenters. The van der Waals surface area contributed by atoms with Crippen LogP contribution in [0, 0.1) is 0 Å². The van der Waals surface area contributed by atoms with Crippen molar-refractivity contribution in [2.24, 2.45) is 0 Å². The normalized spacial score (nSPS) is 11.9. The van der Waals surface area contributed by atoms with Crippen LogP contribution in [0.4, 0.5) is 18.9 Å². The number of rotatable bonds is 5. The maximum atomic E-state index is 12.6. The largest absolute Gasteiger partial charge is 0.406 e. The van der Waals surface area contributed by atoms with Crippen LogP contribution in [-0.2, 0) is 13.1 Å². The fourth-order valence-corrected chi connectivity index (χ4v) is 2.90. The highest BCUT2D eigenvalue weighted by Crippen LogP contribution is 2.21. The monoisotopic (exact) mass is 392 g/mol. The van der Waals surface area contributed by atoms with Crippen LogP contribution in [0.1, 0.15) is 15.9 Å². The second kappa shape index (κ2) is 7.51. The molecule has 0 aliphatic rings. The fraction of sp³-hybridized carbons (Fsp3) is 0.263. The molecule has 6 nitrogen and oxygen atoms in total. The lowest BCUT2D eigenvalue weighted by atomic mass is 10.1. The zero-order valence-electron chi connectivity index (χ0n) is 15.3. The fourth-order valence-electron chi connectivity index (χ4n) is 2.90. The summed E-state index contributed by atoms with van der Waals surface area (Å²) in [7, 11) is 3.91. The zero-order chi connectivity index (χ0) is 20.5. The van der Waals surface area contributed by atoms with Crippen molar-refractivity contribution >= 4 is 22.6 Å². The van der Waals surface area contributed by atoms with Gasteiger partial charge >= 0.3 is 11.9 Å². The SMILES string of the molecule is CN(C)Cc1ccc(NC(=O)c2ccc3c(c2)[nH]c(=O)n3CC(F)(F)F)cc1. The molecule has 1 amide bonds. The van der Waals surface area contributed by atoms with Crippen molar-refractivity contribution in [2.45, 2.75) is 19.3 Å². The minimum absolute atomic E-state index is 0.0897. The Hall–Kier alpha value is -3.07. The van der Waals surface area contributed by atoms with Gasteiger partial charge in [0.05, 0.1) is 11.0 Å². The summed E-state index contributed by atoms with van der Waals surface area (Å²) in [6, 6.07) is 11.4. The van der Waals surface area contributed by atoms with Gasteiger partial charge in [0, 0.05) is 17.8 Å². The lowest BCUT2D eigenvalue weighted by molar-refractivity contribution is -0.140. The molecule has 0 fully saturated rings. The van der Waals surface area contributed by atoms with Crippen LogP contribution in [0.2, 0.25) is 0 Å². The van der Waals surface area contributed by atoms with Crippen molar-refractivity contribution in [1.29, 1.82) is 0 Å². The quantitative estimate of drug-likeness (QED) is 0.701. The molecule has 0 radical (unpaired) electrons. The molecule has 0 spiro atoms. The Labute approximate surface area is 158 Å². The summed E-state index contributed by atoms with van der Waals surface area (Å²) in [6.45, 7) is -0.621. The van der Waals surface area contributed by atoms with Crippen molar-refractivity contribution in [2.75, 3.05) is 19.4 Å². The lowest BCUT2D eigenvalue weighted by Crippen LogP contribution is -2.26. The zero-order valence-corrected chi connectivity index (χ0v) is 15.3. The Morgan fingerprint density at radius 2 is 1.82 bits per heavy atom. The lowest BCUT2D eigenvalue weighted by Gasteiger charge is -2.11. The molecule has 3 rings (SSSR count). The van der Waals surface area contributed by atoms with Crippen LogP contribution in [-0.4, -0.2) is 40.6 Å². The summed E-state index contributed by atoms with van der Waals surface area (Å²) in [5.74, 6) is -0.424. The number of alkyl halides is 3. The van der Waals surface area contributed by atoms with Gasteiger partial charge in [-0.2, -0.15) is 13.2 Å². The first-order chi connectivity index (χ1) is 13.1. The van der Waals surface area contributed by atoms with Gasteiger partial charge in [-0.15, -0.1) is 0 Å². The summed E-state index contributed by atoms with van der Waals surface area (Å²) in [5, 5.41) is 2.73. The third kappa shape index (κ3) is 4.61. The standard InChI is InChI=1S/C19H19F3N4O2/c1-25(2)10-12-3-6-14(7-4-12)23-17(27)13-5-8-16-15(9-13)24-18(28)26(16)11-19(20,21)22/h3-9H,10-11H2,1-2H3,(H,23,27)(H,24,28). The van der Waals surface area contributed by atoms with Crippen LogP contribution in [0.3, 0.4) is 0 Å². The van der Waals surface area contributed by atoms with Gasteiger partial charge in [-0.25, -0.2) is 4.79 Å². The van der Waals surface area contributed by atoms with Gasteiger partial charge in [-0.05, 0) is 50.0 Å². The Morgan fingerprint density at radius 1 is 1.14 bits per heavy atom. The van der Waals surface area contributed by atoms with Gasteiger partial charge in [-0.1, -0.05) is 12.1 Å². The van der Waals surface area contributed by atoms with Crippen LogP contribution >= 0.6 is 0 Å². The van der Waals surface area contributed by atoms with E-state index >= 15 is 0 Å². The molecule has 0 aliphatic heterocycles. The first-order valence-corrected chi connectivity index (χ1v) is 8.47. The van der Waals surface area contributed by atoms with Gasteiger partial charge in [0.25, 0.3) is 5.91 Å². The molecular formula is C19H19F3N4O2. The molecule has 0 saturated carbocycles. The molecule has 0 aliphatic carbocycles. The number of carbonyl (C=O) groups is 1. The number of fused-ring (bicyclic) bond motifs is 1. The molecule has 0 atom stereocenters. The third-order valence-corrected chi connectivity index (χ3v) is 4.08. The second-order valence-corrected chi connectivity index (χ2v) is 6.75. The van der Waals surface area contributed by atoms with Crippen molar-refractivity contribution in [1.82, 2.24) is 14.5 Å². The first-order valence-electron chi connectivity index (χ1n) is 8.47. The van der Waals surface area contributed by atoms with Crippen molar-refractivity contribution in [3.63, 3.8) is 0 Å². The van der Waals surface area contributed by atoms with E-state index in [0.717, 1.165) is 12.1 Å². The molecule has 1 heterocycles. The molecule has 148 valence electrons. The highest BCUT2D eigenvalue weighted by molar-refractivity contribution is 6.05. The number of anilines is 1. The topological polar surface area (TPSA) is 70.1 Å². The summed E-state index contributed by atoms with van der Waals surface area (Å²) in [6.07, 6.45) is -4.52. The number of amides is 1. The van der Waals surface area contributed by atoms with E-state index in [0.29, 0.717) is 10.3 Å². The third-order valence-electron chi connectivity index (χ3n) is 4.08. The number of benzene rings is 2. The number of hydrogen-bond donors (Lipinski definition) is 2. The van der Waals surface area contributed by atoms with E-state index in [-0.39, 0.29) is 16.6 Å². The van der Waals surface area contributed by atoms with Gasteiger partial charge in [0.1, 0.15) is 6.54 Å². The highest BCUT2D eigenvalue weighted by Gasteiger charge is 2.29. The van der Waals surface area contributed by atoms with E-state index in [4.69, 9.17) is 0 Å². The van der Waals surface area contributed by atoms with Crippen molar-refractivity contribution < 1.29 is 18.0 Å². The van der Waals surface area contributed by atoms with Crippen LogP contribution in [0.5, 0.6) is 0 Å². The number of H-pyrrole nitrogens is 1. The number of hydrogen-bond acceptors (Lipinski definition) is 3. The molecule has 0 bridgehead atoms. The summed E-state index contributed by atoms with van der Waals surface area (Å²) in [4.78, 5) is 28.6.